The number of carbonyl (C=O) groups is 1. The summed E-state index contributed by atoms with van der Waals surface area (Å²) in [6.07, 6.45) is -3.16. The van der Waals surface area contributed by atoms with E-state index in [1.807, 2.05) is 5.10 Å². The molecular weight excluding hydrogens is 263 g/mol. The van der Waals surface area contributed by atoms with E-state index in [-0.39, 0.29) is 22.9 Å². The van der Waals surface area contributed by atoms with Crippen molar-refractivity contribution >= 4 is 5.91 Å². The smallest absolute Gasteiger partial charge is 0.349 e. The van der Waals surface area contributed by atoms with Crippen LogP contribution in [0, 0.1) is 0 Å². The highest BCUT2D eigenvalue weighted by Gasteiger charge is 2.34. The minimum Gasteiger partial charge on any atom is -0.349 e. The average Bonchev–Trinajstić information content (AvgIpc) is 2.93. The number of aromatic amines is 1. The molecule has 2 aromatic heterocycles. The maximum atomic E-state index is 12.5. The Balaban J connectivity index is 2.06. The van der Waals surface area contributed by atoms with Crippen LogP contribution in [-0.2, 0) is 12.7 Å². The molecule has 0 saturated carbocycles. The van der Waals surface area contributed by atoms with E-state index in [1.165, 1.54) is 10.9 Å². The van der Waals surface area contributed by atoms with E-state index in [0.29, 0.717) is 13.1 Å². The lowest BCUT2D eigenvalue weighted by molar-refractivity contribution is -0.141. The van der Waals surface area contributed by atoms with Crippen LogP contribution >= 0.6 is 0 Å². The minimum atomic E-state index is -4.50. The zero-order chi connectivity index (χ0) is 13.6. The van der Waals surface area contributed by atoms with Gasteiger partial charge < -0.3 is 5.32 Å². The second-order valence-electron chi connectivity index (χ2n) is 4.05. The number of H-pyrrole nitrogens is 1. The first-order valence-electron chi connectivity index (χ1n) is 5.44. The summed E-state index contributed by atoms with van der Waals surface area (Å²) in [7, 11) is 0. The van der Waals surface area contributed by atoms with Crippen molar-refractivity contribution < 1.29 is 18.0 Å². The van der Waals surface area contributed by atoms with Crippen LogP contribution in [0.4, 0.5) is 13.2 Å². The monoisotopic (exact) mass is 271 g/mol. The molecule has 0 aromatic carbocycles. The summed E-state index contributed by atoms with van der Waals surface area (Å²) in [5.41, 5.74) is -0.403. The molecule has 0 unspecified atom stereocenters. The lowest BCUT2D eigenvalue weighted by Gasteiger charge is -2.14. The Morgan fingerprint density at radius 2 is 2.16 bits per heavy atom. The van der Waals surface area contributed by atoms with Crippen molar-refractivity contribution in [2.45, 2.75) is 12.7 Å². The minimum absolute atomic E-state index is 0.0469. The molecule has 0 radical (unpaired) electrons. The van der Waals surface area contributed by atoms with Gasteiger partial charge in [0.25, 0.3) is 5.91 Å². The maximum absolute atomic E-state index is 12.5. The number of hydrogen-bond donors (Lipinski definition) is 2. The summed E-state index contributed by atoms with van der Waals surface area (Å²) in [4.78, 5) is 11.7. The quantitative estimate of drug-likeness (QED) is 0.813. The van der Waals surface area contributed by atoms with E-state index in [0.717, 1.165) is 6.07 Å². The zero-order valence-electron chi connectivity index (χ0n) is 9.45. The normalized spacial score (nSPS) is 15.2. The van der Waals surface area contributed by atoms with Crippen molar-refractivity contribution in [3.63, 3.8) is 0 Å². The molecule has 2 aromatic rings. The van der Waals surface area contributed by atoms with Gasteiger partial charge in [-0.1, -0.05) is 0 Å². The molecule has 3 heterocycles. The number of halogens is 3. The van der Waals surface area contributed by atoms with Gasteiger partial charge in [-0.05, 0) is 6.07 Å². The Bertz CT molecular complexity index is 642. The largest absolute Gasteiger partial charge is 0.432 e. The van der Waals surface area contributed by atoms with Gasteiger partial charge >= 0.3 is 6.18 Å². The molecule has 0 aliphatic carbocycles. The number of hydrogen-bond acceptors (Lipinski definition) is 3. The van der Waals surface area contributed by atoms with Gasteiger partial charge in [0, 0.05) is 6.54 Å². The highest BCUT2D eigenvalue weighted by molar-refractivity contribution is 5.99. The van der Waals surface area contributed by atoms with E-state index in [1.54, 1.807) is 0 Å². The molecule has 100 valence electrons. The molecule has 3 rings (SSSR count). The Labute approximate surface area is 104 Å². The highest BCUT2D eigenvalue weighted by Crippen LogP contribution is 2.31. The van der Waals surface area contributed by atoms with Crippen molar-refractivity contribution in [1.82, 2.24) is 25.3 Å². The predicted octanol–water partition coefficient (Wildman–Crippen LogP) is 1.04. The van der Waals surface area contributed by atoms with Gasteiger partial charge in [-0.25, -0.2) is 0 Å². The molecule has 0 bridgehead atoms. The first-order valence-corrected chi connectivity index (χ1v) is 5.44. The number of nitrogens with one attached hydrogen (secondary N) is 2. The predicted molar refractivity (Wildman–Crippen MR) is 57.1 cm³/mol. The fraction of sp³-hybridized carbons (Fsp3) is 0.300. The number of alkyl halides is 3. The molecule has 0 atom stereocenters. The second-order valence-corrected chi connectivity index (χ2v) is 4.05. The number of nitrogens with zero attached hydrogens (tertiary/aromatic N) is 3. The topological polar surface area (TPSA) is 75.6 Å². The maximum Gasteiger partial charge on any atom is 0.432 e. The van der Waals surface area contributed by atoms with Crippen molar-refractivity contribution in [1.29, 1.82) is 0 Å². The average molecular weight is 271 g/mol. The molecule has 1 aliphatic rings. The fourth-order valence-electron chi connectivity index (χ4n) is 1.95. The molecule has 0 saturated heterocycles. The molecule has 0 fully saturated rings. The molecule has 6 nitrogen and oxygen atoms in total. The molecule has 0 spiro atoms. The van der Waals surface area contributed by atoms with Crippen LogP contribution in [0.15, 0.2) is 12.3 Å². The summed E-state index contributed by atoms with van der Waals surface area (Å²) in [5, 5.41) is 12.1. The van der Waals surface area contributed by atoms with Gasteiger partial charge in [-0.3, -0.25) is 14.6 Å². The molecule has 19 heavy (non-hydrogen) atoms. The fourth-order valence-corrected chi connectivity index (χ4v) is 1.95. The Morgan fingerprint density at radius 3 is 2.84 bits per heavy atom. The zero-order valence-corrected chi connectivity index (χ0v) is 9.45. The van der Waals surface area contributed by atoms with Gasteiger partial charge in [-0.2, -0.15) is 23.4 Å². The van der Waals surface area contributed by atoms with Gasteiger partial charge in [0.05, 0.1) is 24.0 Å². The lowest BCUT2D eigenvalue weighted by Crippen LogP contribution is -2.35. The Kier molecular flexibility index (Phi) is 2.37. The Morgan fingerprint density at radius 1 is 1.37 bits per heavy atom. The van der Waals surface area contributed by atoms with Crippen LogP contribution in [0.2, 0.25) is 0 Å². The third-order valence-corrected chi connectivity index (χ3v) is 2.82. The first-order chi connectivity index (χ1) is 8.97. The number of aromatic nitrogens is 4. The van der Waals surface area contributed by atoms with E-state index in [9.17, 15) is 18.0 Å². The van der Waals surface area contributed by atoms with Crippen LogP contribution in [0.5, 0.6) is 0 Å². The molecule has 1 amide bonds. The van der Waals surface area contributed by atoms with E-state index in [4.69, 9.17) is 0 Å². The highest BCUT2D eigenvalue weighted by atomic mass is 19.4. The molecule has 9 heteroatoms. The van der Waals surface area contributed by atoms with Crippen LogP contribution in [0.25, 0.3) is 11.3 Å². The third-order valence-electron chi connectivity index (χ3n) is 2.82. The summed E-state index contributed by atoms with van der Waals surface area (Å²) >= 11 is 0. The summed E-state index contributed by atoms with van der Waals surface area (Å²) in [6.45, 7) is 0.930. The summed E-state index contributed by atoms with van der Waals surface area (Å²) in [5.74, 6) is -0.365. The van der Waals surface area contributed by atoms with Crippen LogP contribution in [0.3, 0.4) is 0 Å². The number of amides is 1. The van der Waals surface area contributed by atoms with Crippen molar-refractivity contribution in [2.75, 3.05) is 6.54 Å². The van der Waals surface area contributed by atoms with Crippen molar-refractivity contribution in [3.8, 4) is 11.3 Å². The molecule has 2 N–H and O–H groups in total. The second kappa shape index (κ2) is 3.84. The lowest BCUT2D eigenvalue weighted by atomic mass is 10.1. The van der Waals surface area contributed by atoms with Crippen LogP contribution in [-0.4, -0.2) is 32.4 Å². The van der Waals surface area contributed by atoms with Gasteiger partial charge in [0.2, 0.25) is 0 Å². The van der Waals surface area contributed by atoms with Crippen LogP contribution in [0.1, 0.15) is 16.2 Å². The van der Waals surface area contributed by atoms with Gasteiger partial charge in [-0.15, -0.1) is 0 Å². The SMILES string of the molecule is O=C1NCCn2ncc(-c3cc(C(F)(F)F)[nH]n3)c21. The summed E-state index contributed by atoms with van der Waals surface area (Å²) in [6, 6.07) is 0.861. The standard InChI is InChI=1S/C10H8F3N5O/c11-10(12,13)7-3-6(16-17-7)5-4-15-18-2-1-14-9(19)8(5)18/h3-4H,1-2H2,(H,14,19)(H,16,17). The summed E-state index contributed by atoms with van der Waals surface area (Å²) < 4.78 is 38.9. The van der Waals surface area contributed by atoms with E-state index >= 15 is 0 Å². The third kappa shape index (κ3) is 1.86. The van der Waals surface area contributed by atoms with Crippen molar-refractivity contribution in [2.24, 2.45) is 0 Å². The van der Waals surface area contributed by atoms with E-state index in [2.05, 4.69) is 15.5 Å². The van der Waals surface area contributed by atoms with Gasteiger partial charge in [0.1, 0.15) is 11.4 Å². The first kappa shape index (κ1) is 11.8. The Hall–Kier alpha value is -2.32. The van der Waals surface area contributed by atoms with Crippen molar-refractivity contribution in [3.05, 3.63) is 23.7 Å². The number of fused-ring (bicyclic) bond motifs is 1. The van der Waals surface area contributed by atoms with E-state index < -0.39 is 11.9 Å². The molecule has 1 aliphatic heterocycles. The number of rotatable bonds is 1. The van der Waals surface area contributed by atoms with Gasteiger partial charge in [0.15, 0.2) is 0 Å². The van der Waals surface area contributed by atoms with Crippen LogP contribution < -0.4 is 5.32 Å². The molecular formula is C10H8F3N5O. The number of carbonyl (C=O) groups excluding carboxylic acids is 1.